The van der Waals surface area contributed by atoms with Crippen LogP contribution in [-0.4, -0.2) is 30.0 Å². The van der Waals surface area contributed by atoms with Crippen LogP contribution < -0.4 is 15.5 Å². The molecule has 2 aromatic carbocycles. The maximum Gasteiger partial charge on any atom is 0.322 e. The summed E-state index contributed by atoms with van der Waals surface area (Å²) in [5.74, 6) is -0.238. The quantitative estimate of drug-likeness (QED) is 0.660. The molecule has 1 saturated heterocycles. The van der Waals surface area contributed by atoms with Crippen LogP contribution in [0.4, 0.5) is 15.6 Å². The second kappa shape index (κ2) is 7.61. The first-order valence-corrected chi connectivity index (χ1v) is 9.96. The van der Waals surface area contributed by atoms with Crippen molar-refractivity contribution in [2.75, 3.05) is 23.3 Å². The van der Waals surface area contributed by atoms with Crippen LogP contribution in [0.2, 0.25) is 5.02 Å². The maximum atomic E-state index is 12.6. The van der Waals surface area contributed by atoms with Gasteiger partial charge in [-0.15, -0.1) is 11.3 Å². The third kappa shape index (κ3) is 3.72. The first-order chi connectivity index (χ1) is 13.5. The molecule has 142 valence electrons. The van der Waals surface area contributed by atoms with E-state index in [1.54, 1.807) is 35.2 Å². The van der Waals surface area contributed by atoms with Crippen molar-refractivity contribution in [3.05, 3.63) is 64.0 Å². The lowest BCUT2D eigenvalue weighted by Gasteiger charge is -2.17. The summed E-state index contributed by atoms with van der Waals surface area (Å²) < 4.78 is 0. The number of halogens is 1. The Kier molecular flexibility index (Phi) is 5.02. The number of benzene rings is 2. The highest BCUT2D eigenvalue weighted by atomic mass is 35.5. The number of nitrogens with one attached hydrogen (secondary N) is 2. The number of urea groups is 1. The molecule has 1 aromatic heterocycles. The normalized spacial score (nSPS) is 13.5. The number of anilines is 2. The van der Waals surface area contributed by atoms with E-state index < -0.39 is 0 Å². The highest BCUT2D eigenvalue weighted by Gasteiger charge is 2.23. The number of carbonyl (C=O) groups excluding carboxylic acids is 2. The third-order valence-electron chi connectivity index (χ3n) is 4.47. The van der Waals surface area contributed by atoms with E-state index in [1.807, 2.05) is 24.4 Å². The zero-order chi connectivity index (χ0) is 19.7. The summed E-state index contributed by atoms with van der Waals surface area (Å²) in [6, 6.07) is 12.6. The fourth-order valence-electron chi connectivity index (χ4n) is 3.05. The summed E-state index contributed by atoms with van der Waals surface area (Å²) in [6.07, 6.45) is 0. The highest BCUT2D eigenvalue weighted by Crippen LogP contribution is 2.27. The standard InChI is InChI=1S/C20H17ClN4O2S/c1-12-10-14(4-7-17(12)25-9-8-22-20(25)27)18(26)24-19-23-16(11-28-19)13-2-5-15(21)6-3-13/h2-7,10-11H,8-9H2,1H3,(H,22,27)(H,23,24,26). The predicted molar refractivity (Wildman–Crippen MR) is 112 cm³/mol. The first kappa shape index (κ1) is 18.5. The van der Waals surface area contributed by atoms with Gasteiger partial charge in [0.15, 0.2) is 5.13 Å². The number of hydrogen-bond donors (Lipinski definition) is 2. The molecule has 0 radical (unpaired) electrons. The van der Waals surface area contributed by atoms with Gasteiger partial charge in [-0.25, -0.2) is 9.78 Å². The SMILES string of the molecule is Cc1cc(C(=O)Nc2nc(-c3ccc(Cl)cc3)cs2)ccc1N1CCNC1=O. The molecule has 0 unspecified atom stereocenters. The molecule has 3 amide bonds. The lowest BCUT2D eigenvalue weighted by Crippen LogP contribution is -2.28. The van der Waals surface area contributed by atoms with Crippen LogP contribution in [0.25, 0.3) is 11.3 Å². The molecule has 6 nitrogen and oxygen atoms in total. The summed E-state index contributed by atoms with van der Waals surface area (Å²) in [7, 11) is 0. The van der Waals surface area contributed by atoms with Gasteiger partial charge in [0.05, 0.1) is 5.69 Å². The zero-order valence-electron chi connectivity index (χ0n) is 15.0. The Labute approximate surface area is 171 Å². The number of nitrogens with zero attached hydrogens (tertiary/aromatic N) is 2. The molecule has 1 aliphatic heterocycles. The van der Waals surface area contributed by atoms with Gasteiger partial charge in [0, 0.05) is 40.3 Å². The summed E-state index contributed by atoms with van der Waals surface area (Å²) in [5.41, 5.74) is 3.91. The van der Waals surface area contributed by atoms with Gasteiger partial charge in [0.1, 0.15) is 0 Å². The van der Waals surface area contributed by atoms with Crippen molar-refractivity contribution in [3.63, 3.8) is 0 Å². The molecule has 0 bridgehead atoms. The molecule has 0 atom stereocenters. The fraction of sp³-hybridized carbons (Fsp3) is 0.150. The summed E-state index contributed by atoms with van der Waals surface area (Å²) in [5, 5.41) is 8.69. The molecule has 1 fully saturated rings. The second-order valence-corrected chi connectivity index (χ2v) is 7.68. The van der Waals surface area contributed by atoms with Crippen molar-refractivity contribution in [2.45, 2.75) is 6.92 Å². The minimum atomic E-state index is -0.238. The van der Waals surface area contributed by atoms with Crippen LogP contribution in [0.3, 0.4) is 0 Å². The number of aryl methyl sites for hydroxylation is 1. The molecular formula is C20H17ClN4O2S. The molecule has 0 aliphatic carbocycles. The van der Waals surface area contributed by atoms with Crippen molar-refractivity contribution in [1.82, 2.24) is 10.3 Å². The molecule has 8 heteroatoms. The Hall–Kier alpha value is -2.90. The average molecular weight is 413 g/mol. The fourth-order valence-corrected chi connectivity index (χ4v) is 3.90. The molecule has 28 heavy (non-hydrogen) atoms. The molecule has 0 saturated carbocycles. The lowest BCUT2D eigenvalue weighted by molar-refractivity contribution is 0.102. The van der Waals surface area contributed by atoms with Crippen LogP contribution in [0.1, 0.15) is 15.9 Å². The zero-order valence-corrected chi connectivity index (χ0v) is 16.6. The van der Waals surface area contributed by atoms with Gasteiger partial charge in [-0.3, -0.25) is 15.0 Å². The van der Waals surface area contributed by atoms with E-state index in [0.717, 1.165) is 22.5 Å². The van der Waals surface area contributed by atoms with Crippen LogP contribution in [0.15, 0.2) is 47.8 Å². The first-order valence-electron chi connectivity index (χ1n) is 8.70. The van der Waals surface area contributed by atoms with Crippen LogP contribution in [-0.2, 0) is 0 Å². The van der Waals surface area contributed by atoms with Gasteiger partial charge in [-0.1, -0.05) is 23.7 Å². The number of rotatable bonds is 4. The topological polar surface area (TPSA) is 74.3 Å². The number of carbonyl (C=O) groups is 2. The largest absolute Gasteiger partial charge is 0.336 e. The minimum Gasteiger partial charge on any atom is -0.336 e. The van der Waals surface area contributed by atoms with E-state index in [2.05, 4.69) is 15.6 Å². The predicted octanol–water partition coefficient (Wildman–Crippen LogP) is 4.55. The van der Waals surface area contributed by atoms with E-state index in [4.69, 9.17) is 11.6 Å². The Bertz CT molecular complexity index is 1050. The molecule has 0 spiro atoms. The molecule has 4 rings (SSSR count). The summed E-state index contributed by atoms with van der Waals surface area (Å²) in [4.78, 5) is 30.6. The maximum absolute atomic E-state index is 12.6. The van der Waals surface area contributed by atoms with Crippen molar-refractivity contribution in [2.24, 2.45) is 0 Å². The Morgan fingerprint density at radius 2 is 2.04 bits per heavy atom. The van der Waals surface area contributed by atoms with E-state index in [-0.39, 0.29) is 11.9 Å². The molecular weight excluding hydrogens is 396 g/mol. The molecule has 1 aliphatic rings. The number of hydrogen-bond acceptors (Lipinski definition) is 4. The Balaban J connectivity index is 1.49. The van der Waals surface area contributed by atoms with Crippen molar-refractivity contribution in [3.8, 4) is 11.3 Å². The van der Waals surface area contributed by atoms with Gasteiger partial charge < -0.3 is 5.32 Å². The number of aromatic nitrogens is 1. The summed E-state index contributed by atoms with van der Waals surface area (Å²) in [6.45, 7) is 3.14. The van der Waals surface area contributed by atoms with Gasteiger partial charge in [0.2, 0.25) is 0 Å². The van der Waals surface area contributed by atoms with Crippen LogP contribution in [0, 0.1) is 6.92 Å². The van der Waals surface area contributed by atoms with Gasteiger partial charge in [0.25, 0.3) is 5.91 Å². The smallest absolute Gasteiger partial charge is 0.322 e. The van der Waals surface area contributed by atoms with Gasteiger partial charge >= 0.3 is 6.03 Å². The van der Waals surface area contributed by atoms with Gasteiger partial charge in [-0.05, 0) is 42.8 Å². The Morgan fingerprint density at radius 1 is 1.25 bits per heavy atom. The van der Waals surface area contributed by atoms with Crippen molar-refractivity contribution >= 4 is 45.7 Å². The highest BCUT2D eigenvalue weighted by molar-refractivity contribution is 7.14. The number of amides is 3. The molecule has 2 N–H and O–H groups in total. The van der Waals surface area contributed by atoms with Crippen molar-refractivity contribution < 1.29 is 9.59 Å². The molecule has 3 aromatic rings. The monoisotopic (exact) mass is 412 g/mol. The Morgan fingerprint density at radius 3 is 2.71 bits per heavy atom. The third-order valence-corrected chi connectivity index (χ3v) is 5.48. The van der Waals surface area contributed by atoms with Crippen molar-refractivity contribution in [1.29, 1.82) is 0 Å². The molecule has 2 heterocycles. The minimum absolute atomic E-state index is 0.113. The summed E-state index contributed by atoms with van der Waals surface area (Å²) >= 11 is 7.28. The second-order valence-electron chi connectivity index (χ2n) is 6.38. The average Bonchev–Trinajstić information content (AvgIpc) is 3.31. The lowest BCUT2D eigenvalue weighted by atomic mass is 10.1. The van der Waals surface area contributed by atoms with Crippen LogP contribution >= 0.6 is 22.9 Å². The van der Waals surface area contributed by atoms with E-state index in [0.29, 0.717) is 28.8 Å². The number of thiazole rings is 1. The van der Waals surface area contributed by atoms with E-state index >= 15 is 0 Å². The van der Waals surface area contributed by atoms with Crippen LogP contribution in [0.5, 0.6) is 0 Å². The van der Waals surface area contributed by atoms with Gasteiger partial charge in [-0.2, -0.15) is 0 Å². The van der Waals surface area contributed by atoms with E-state index in [1.165, 1.54) is 11.3 Å². The van der Waals surface area contributed by atoms with E-state index in [9.17, 15) is 9.59 Å².